The number of hydrogen-bond acceptors (Lipinski definition) is 5. The van der Waals surface area contributed by atoms with Crippen molar-refractivity contribution in [3.05, 3.63) is 86.8 Å². The second kappa shape index (κ2) is 10.1. The fourth-order valence-electron chi connectivity index (χ4n) is 2.58. The van der Waals surface area contributed by atoms with Crippen molar-refractivity contribution in [1.29, 1.82) is 0 Å². The number of phenols is 1. The summed E-state index contributed by atoms with van der Waals surface area (Å²) >= 11 is 9.39. The number of carbonyl (C=O) groups is 1. The number of nitrogens with zero attached hydrogens (tertiary/aromatic N) is 1. The Kier molecular flexibility index (Phi) is 7.32. The first-order valence-electron chi connectivity index (χ1n) is 8.84. The van der Waals surface area contributed by atoms with E-state index in [-0.39, 0.29) is 11.3 Å². The van der Waals surface area contributed by atoms with E-state index in [0.29, 0.717) is 33.2 Å². The van der Waals surface area contributed by atoms with E-state index in [1.54, 1.807) is 36.4 Å². The molecule has 3 rings (SSSR count). The van der Waals surface area contributed by atoms with Crippen LogP contribution in [0.2, 0.25) is 5.02 Å². The molecule has 154 valence electrons. The van der Waals surface area contributed by atoms with Crippen LogP contribution in [0.15, 0.2) is 70.2 Å². The number of halogens is 2. The Morgan fingerprint density at radius 2 is 1.93 bits per heavy atom. The molecule has 0 fully saturated rings. The second-order valence-electron chi connectivity index (χ2n) is 6.17. The maximum absolute atomic E-state index is 12.1. The van der Waals surface area contributed by atoms with Gasteiger partial charge in [0.2, 0.25) is 0 Å². The maximum Gasteiger partial charge on any atom is 0.275 e. The third-order valence-corrected chi connectivity index (χ3v) is 4.92. The largest absolute Gasteiger partial charge is 0.507 e. The minimum Gasteiger partial charge on any atom is -0.507 e. The summed E-state index contributed by atoms with van der Waals surface area (Å²) in [7, 11) is 1.54. The van der Waals surface area contributed by atoms with Crippen LogP contribution < -0.4 is 14.9 Å². The standard InChI is InChI=1S/C22H18BrClN2O4/c1-29-20-11-15(12-25-26-22(28)17-4-2-3-5-19(17)27)10-18(23)21(20)30-13-14-6-8-16(24)9-7-14/h2-12,27H,13H2,1H3,(H,26,28)/b25-12+. The Hall–Kier alpha value is -3.03. The first kappa shape index (κ1) is 21.7. The number of nitrogens with one attached hydrogen (secondary N) is 1. The van der Waals surface area contributed by atoms with Crippen molar-refractivity contribution in [3.63, 3.8) is 0 Å². The van der Waals surface area contributed by atoms with Crippen LogP contribution in [-0.2, 0) is 6.61 Å². The molecule has 0 atom stereocenters. The van der Waals surface area contributed by atoms with Gasteiger partial charge in [0.1, 0.15) is 12.4 Å². The highest BCUT2D eigenvalue weighted by molar-refractivity contribution is 9.10. The molecule has 0 aliphatic heterocycles. The molecule has 3 aromatic carbocycles. The molecule has 1 amide bonds. The van der Waals surface area contributed by atoms with Crippen LogP contribution in [0.1, 0.15) is 21.5 Å². The van der Waals surface area contributed by atoms with E-state index in [4.69, 9.17) is 21.1 Å². The van der Waals surface area contributed by atoms with Crippen LogP contribution in [0.3, 0.4) is 0 Å². The molecule has 0 aliphatic carbocycles. The number of carbonyl (C=O) groups excluding carboxylic acids is 1. The average Bonchev–Trinajstić information content (AvgIpc) is 2.74. The van der Waals surface area contributed by atoms with Gasteiger partial charge in [-0.15, -0.1) is 0 Å². The average molecular weight is 490 g/mol. The monoisotopic (exact) mass is 488 g/mol. The van der Waals surface area contributed by atoms with Gasteiger partial charge in [-0.2, -0.15) is 5.10 Å². The van der Waals surface area contributed by atoms with Crippen molar-refractivity contribution >= 4 is 39.7 Å². The number of hydrazone groups is 1. The second-order valence-corrected chi connectivity index (χ2v) is 7.46. The SMILES string of the molecule is COc1cc(/C=N/NC(=O)c2ccccc2O)cc(Br)c1OCc1ccc(Cl)cc1. The molecule has 8 heteroatoms. The molecule has 0 radical (unpaired) electrons. The number of aromatic hydroxyl groups is 1. The number of para-hydroxylation sites is 1. The number of methoxy groups -OCH3 is 1. The Balaban J connectivity index is 1.70. The van der Waals surface area contributed by atoms with Crippen molar-refractivity contribution in [3.8, 4) is 17.2 Å². The van der Waals surface area contributed by atoms with Crippen molar-refractivity contribution in [2.24, 2.45) is 5.10 Å². The lowest BCUT2D eigenvalue weighted by Crippen LogP contribution is -2.17. The van der Waals surface area contributed by atoms with Gasteiger partial charge in [0.05, 0.1) is 23.4 Å². The fraction of sp³-hybridized carbons (Fsp3) is 0.0909. The Morgan fingerprint density at radius 3 is 2.63 bits per heavy atom. The highest BCUT2D eigenvalue weighted by Crippen LogP contribution is 2.37. The van der Waals surface area contributed by atoms with E-state index < -0.39 is 5.91 Å². The molecular formula is C22H18BrClN2O4. The van der Waals surface area contributed by atoms with Crippen LogP contribution in [0.25, 0.3) is 0 Å². The first-order chi connectivity index (χ1) is 14.5. The van der Waals surface area contributed by atoms with Crippen LogP contribution in [0.5, 0.6) is 17.2 Å². The molecule has 0 aromatic heterocycles. The normalized spacial score (nSPS) is 10.8. The zero-order valence-electron chi connectivity index (χ0n) is 15.9. The summed E-state index contributed by atoms with van der Waals surface area (Å²) in [5.74, 6) is 0.421. The Labute approximate surface area is 187 Å². The summed E-state index contributed by atoms with van der Waals surface area (Å²) in [6.45, 7) is 0.343. The predicted molar refractivity (Wildman–Crippen MR) is 120 cm³/mol. The lowest BCUT2D eigenvalue weighted by Gasteiger charge is -2.13. The number of benzene rings is 3. The highest BCUT2D eigenvalue weighted by atomic mass is 79.9. The van der Waals surface area contributed by atoms with Gasteiger partial charge in [-0.3, -0.25) is 4.79 Å². The molecule has 0 unspecified atom stereocenters. The van der Waals surface area contributed by atoms with Crippen molar-refractivity contribution in [2.45, 2.75) is 6.61 Å². The summed E-state index contributed by atoms with van der Waals surface area (Å²) in [6.07, 6.45) is 1.47. The first-order valence-corrected chi connectivity index (χ1v) is 10.0. The molecule has 0 bridgehead atoms. The van der Waals surface area contributed by atoms with Crippen molar-refractivity contribution in [2.75, 3.05) is 7.11 Å². The number of phenolic OH excluding ortho intramolecular Hbond substituents is 1. The molecule has 30 heavy (non-hydrogen) atoms. The third kappa shape index (κ3) is 5.52. The van der Waals surface area contributed by atoms with Gasteiger partial charge in [0, 0.05) is 5.02 Å². The zero-order valence-corrected chi connectivity index (χ0v) is 18.3. The Bertz CT molecular complexity index is 1070. The van der Waals surface area contributed by atoms with E-state index >= 15 is 0 Å². The van der Waals surface area contributed by atoms with E-state index in [2.05, 4.69) is 26.5 Å². The molecular weight excluding hydrogens is 472 g/mol. The molecule has 6 nitrogen and oxygen atoms in total. The molecule has 0 heterocycles. The van der Waals surface area contributed by atoms with Crippen LogP contribution >= 0.6 is 27.5 Å². The predicted octanol–water partition coefficient (Wildman–Crippen LogP) is 5.16. The summed E-state index contributed by atoms with van der Waals surface area (Å²) in [4.78, 5) is 12.1. The van der Waals surface area contributed by atoms with E-state index in [9.17, 15) is 9.90 Å². The molecule has 0 saturated carbocycles. The zero-order chi connectivity index (χ0) is 21.5. The summed E-state index contributed by atoms with van der Waals surface area (Å²) in [5.41, 5.74) is 4.16. The summed E-state index contributed by atoms with van der Waals surface area (Å²) in [6, 6.07) is 17.1. The summed E-state index contributed by atoms with van der Waals surface area (Å²) < 4.78 is 12.0. The van der Waals surface area contributed by atoms with Gasteiger partial charge in [0.15, 0.2) is 11.5 Å². The molecule has 0 saturated heterocycles. The van der Waals surface area contributed by atoms with Crippen LogP contribution in [-0.4, -0.2) is 24.3 Å². The van der Waals surface area contributed by atoms with Crippen molar-refractivity contribution < 1.29 is 19.4 Å². The topological polar surface area (TPSA) is 80.2 Å². The van der Waals surface area contributed by atoms with Gasteiger partial charge in [-0.25, -0.2) is 5.43 Å². The summed E-state index contributed by atoms with van der Waals surface area (Å²) in [5, 5.41) is 14.3. The Morgan fingerprint density at radius 1 is 1.20 bits per heavy atom. The molecule has 0 spiro atoms. The maximum atomic E-state index is 12.1. The smallest absolute Gasteiger partial charge is 0.275 e. The van der Waals surface area contributed by atoms with Crippen LogP contribution in [0, 0.1) is 0 Å². The molecule has 0 aliphatic rings. The van der Waals surface area contributed by atoms with Gasteiger partial charge >= 0.3 is 0 Å². The number of hydrogen-bond donors (Lipinski definition) is 2. The highest BCUT2D eigenvalue weighted by Gasteiger charge is 2.12. The lowest BCUT2D eigenvalue weighted by atomic mass is 10.2. The van der Waals surface area contributed by atoms with E-state index in [1.807, 2.05) is 12.1 Å². The van der Waals surface area contributed by atoms with E-state index in [0.717, 1.165) is 5.56 Å². The van der Waals surface area contributed by atoms with Gasteiger partial charge in [-0.05, 0) is 63.5 Å². The minimum atomic E-state index is -0.515. The van der Waals surface area contributed by atoms with Crippen LogP contribution in [0.4, 0.5) is 0 Å². The van der Waals surface area contributed by atoms with E-state index in [1.165, 1.54) is 25.5 Å². The molecule has 3 aromatic rings. The number of rotatable bonds is 7. The lowest BCUT2D eigenvalue weighted by molar-refractivity contribution is 0.0952. The van der Waals surface area contributed by atoms with Gasteiger partial charge in [0.25, 0.3) is 5.91 Å². The number of amides is 1. The molecule has 2 N–H and O–H groups in total. The minimum absolute atomic E-state index is 0.114. The van der Waals surface area contributed by atoms with Gasteiger partial charge < -0.3 is 14.6 Å². The quantitative estimate of drug-likeness (QED) is 0.355. The van der Waals surface area contributed by atoms with Gasteiger partial charge in [-0.1, -0.05) is 35.9 Å². The fourth-order valence-corrected chi connectivity index (χ4v) is 3.28. The van der Waals surface area contributed by atoms with Crippen molar-refractivity contribution in [1.82, 2.24) is 5.43 Å². The number of ether oxygens (including phenoxy) is 2. The third-order valence-electron chi connectivity index (χ3n) is 4.08.